The van der Waals surface area contributed by atoms with Crippen molar-refractivity contribution < 1.29 is 5.11 Å². The Morgan fingerprint density at radius 2 is 1.88 bits per heavy atom. The number of likely N-dealkylation sites (N-methyl/N-ethyl adjacent to an activating group) is 1. The molecule has 4 nitrogen and oxygen atoms in total. The van der Waals surface area contributed by atoms with Gasteiger partial charge in [-0.1, -0.05) is 0 Å². The minimum atomic E-state index is -0.112. The molecule has 4 heteroatoms. The van der Waals surface area contributed by atoms with Crippen molar-refractivity contribution in [2.24, 2.45) is 0 Å². The van der Waals surface area contributed by atoms with Crippen molar-refractivity contribution in [3.8, 4) is 0 Å². The highest BCUT2D eigenvalue weighted by Gasteiger charge is 2.31. The van der Waals surface area contributed by atoms with Crippen LogP contribution in [0.15, 0.2) is 0 Å². The molecule has 0 aromatic carbocycles. The number of rotatable bonds is 5. The van der Waals surface area contributed by atoms with Crippen LogP contribution < -0.4 is 0 Å². The second-order valence-corrected chi connectivity index (χ2v) is 5.85. The van der Waals surface area contributed by atoms with Gasteiger partial charge in [0, 0.05) is 32.2 Å². The molecule has 2 unspecified atom stereocenters. The Kier molecular flexibility index (Phi) is 4.79. The molecule has 0 radical (unpaired) electrons. The first kappa shape index (κ1) is 13.3. The standard InChI is InChI=1S/C13H27N3O/c1-14(2)10-12-9-13(17)11-16(12)8-7-15-5-3-4-6-15/h12-13,17H,3-11H2,1-2H3. The summed E-state index contributed by atoms with van der Waals surface area (Å²) >= 11 is 0. The molecule has 0 aliphatic carbocycles. The normalized spacial score (nSPS) is 31.8. The van der Waals surface area contributed by atoms with Crippen LogP contribution in [-0.2, 0) is 0 Å². The minimum absolute atomic E-state index is 0.112. The molecule has 1 N–H and O–H groups in total. The smallest absolute Gasteiger partial charge is 0.0682 e. The zero-order chi connectivity index (χ0) is 12.3. The van der Waals surface area contributed by atoms with Crippen LogP contribution in [-0.4, -0.2) is 85.3 Å². The predicted octanol–water partition coefficient (Wildman–Crippen LogP) is 0.0790. The van der Waals surface area contributed by atoms with Crippen LogP contribution in [0.1, 0.15) is 19.3 Å². The van der Waals surface area contributed by atoms with Crippen LogP contribution >= 0.6 is 0 Å². The monoisotopic (exact) mass is 241 g/mol. The summed E-state index contributed by atoms with van der Waals surface area (Å²) in [6.07, 6.45) is 3.56. The van der Waals surface area contributed by atoms with E-state index < -0.39 is 0 Å². The van der Waals surface area contributed by atoms with Crippen LogP contribution in [0.5, 0.6) is 0 Å². The number of β-amino-alcohol motifs (C(OH)–C–C–N with tert-alkyl or cyclic N) is 1. The number of hydrogen-bond donors (Lipinski definition) is 1. The zero-order valence-corrected chi connectivity index (χ0v) is 11.3. The van der Waals surface area contributed by atoms with E-state index in [-0.39, 0.29) is 6.10 Å². The molecule has 0 spiro atoms. The number of likely N-dealkylation sites (tertiary alicyclic amines) is 2. The summed E-state index contributed by atoms with van der Waals surface area (Å²) in [5.74, 6) is 0. The van der Waals surface area contributed by atoms with Crippen molar-refractivity contribution in [2.45, 2.75) is 31.4 Å². The van der Waals surface area contributed by atoms with E-state index in [4.69, 9.17) is 0 Å². The lowest BCUT2D eigenvalue weighted by atomic mass is 10.2. The number of aliphatic hydroxyl groups excluding tert-OH is 1. The van der Waals surface area contributed by atoms with Crippen LogP contribution in [0.4, 0.5) is 0 Å². The summed E-state index contributed by atoms with van der Waals surface area (Å²) in [6, 6.07) is 0.544. The molecule has 100 valence electrons. The van der Waals surface area contributed by atoms with Gasteiger partial charge in [0.25, 0.3) is 0 Å². The fourth-order valence-electron chi connectivity index (χ4n) is 3.12. The van der Waals surface area contributed by atoms with Crippen LogP contribution in [0.25, 0.3) is 0 Å². The molecule has 0 saturated carbocycles. The van der Waals surface area contributed by atoms with Gasteiger partial charge in [0.1, 0.15) is 0 Å². The first-order chi connectivity index (χ1) is 8.15. The molecule has 2 fully saturated rings. The van der Waals surface area contributed by atoms with E-state index >= 15 is 0 Å². The SMILES string of the molecule is CN(C)CC1CC(O)CN1CCN1CCCC1. The van der Waals surface area contributed by atoms with Gasteiger partial charge in [0.05, 0.1) is 6.10 Å². The first-order valence-electron chi connectivity index (χ1n) is 6.94. The van der Waals surface area contributed by atoms with E-state index in [1.165, 1.54) is 32.5 Å². The number of hydrogen-bond acceptors (Lipinski definition) is 4. The molecule has 0 bridgehead atoms. The molecular weight excluding hydrogens is 214 g/mol. The first-order valence-corrected chi connectivity index (χ1v) is 6.94. The molecule has 2 aliphatic heterocycles. The quantitative estimate of drug-likeness (QED) is 0.738. The molecule has 2 aliphatic rings. The van der Waals surface area contributed by atoms with E-state index in [1.54, 1.807) is 0 Å². The highest BCUT2D eigenvalue weighted by Crippen LogP contribution is 2.18. The molecule has 2 atom stereocenters. The third-order valence-corrected chi connectivity index (χ3v) is 3.98. The minimum Gasteiger partial charge on any atom is -0.392 e. The zero-order valence-electron chi connectivity index (χ0n) is 11.3. The highest BCUT2D eigenvalue weighted by molar-refractivity contribution is 4.87. The Balaban J connectivity index is 1.76. The maximum Gasteiger partial charge on any atom is 0.0682 e. The largest absolute Gasteiger partial charge is 0.392 e. The van der Waals surface area contributed by atoms with Gasteiger partial charge in [-0.3, -0.25) is 4.90 Å². The van der Waals surface area contributed by atoms with Crippen molar-refractivity contribution in [2.75, 3.05) is 53.4 Å². The molecule has 17 heavy (non-hydrogen) atoms. The van der Waals surface area contributed by atoms with Crippen molar-refractivity contribution in [1.82, 2.24) is 14.7 Å². The van der Waals surface area contributed by atoms with Crippen LogP contribution in [0, 0.1) is 0 Å². The van der Waals surface area contributed by atoms with Gasteiger partial charge in [-0.05, 0) is 46.4 Å². The molecule has 2 saturated heterocycles. The van der Waals surface area contributed by atoms with Crippen molar-refractivity contribution in [3.05, 3.63) is 0 Å². The van der Waals surface area contributed by atoms with Crippen molar-refractivity contribution >= 4 is 0 Å². The summed E-state index contributed by atoms with van der Waals surface area (Å²) < 4.78 is 0. The van der Waals surface area contributed by atoms with Gasteiger partial charge < -0.3 is 14.9 Å². The van der Waals surface area contributed by atoms with Crippen molar-refractivity contribution in [3.63, 3.8) is 0 Å². The van der Waals surface area contributed by atoms with E-state index in [1.807, 2.05) is 0 Å². The highest BCUT2D eigenvalue weighted by atomic mass is 16.3. The van der Waals surface area contributed by atoms with E-state index in [0.29, 0.717) is 6.04 Å². The summed E-state index contributed by atoms with van der Waals surface area (Å²) in [6.45, 7) is 6.78. The summed E-state index contributed by atoms with van der Waals surface area (Å²) in [4.78, 5) is 7.26. The summed E-state index contributed by atoms with van der Waals surface area (Å²) in [7, 11) is 4.23. The van der Waals surface area contributed by atoms with Crippen LogP contribution in [0.3, 0.4) is 0 Å². The van der Waals surface area contributed by atoms with Gasteiger partial charge in [0.2, 0.25) is 0 Å². The van der Waals surface area contributed by atoms with Gasteiger partial charge in [-0.2, -0.15) is 0 Å². The molecule has 0 amide bonds. The Morgan fingerprint density at radius 1 is 1.18 bits per heavy atom. The number of nitrogens with zero attached hydrogens (tertiary/aromatic N) is 3. The summed E-state index contributed by atoms with van der Waals surface area (Å²) in [5.41, 5.74) is 0. The Bertz CT molecular complexity index is 229. The van der Waals surface area contributed by atoms with E-state index in [0.717, 1.165) is 26.1 Å². The molecule has 2 heterocycles. The van der Waals surface area contributed by atoms with Gasteiger partial charge in [-0.15, -0.1) is 0 Å². The second kappa shape index (κ2) is 6.14. The molecule has 2 rings (SSSR count). The van der Waals surface area contributed by atoms with Gasteiger partial charge in [-0.25, -0.2) is 0 Å². The fraction of sp³-hybridized carbons (Fsp3) is 1.00. The summed E-state index contributed by atoms with van der Waals surface area (Å²) in [5, 5.41) is 9.80. The fourth-order valence-corrected chi connectivity index (χ4v) is 3.12. The second-order valence-electron chi connectivity index (χ2n) is 5.85. The Labute approximate surface area is 105 Å². The van der Waals surface area contributed by atoms with E-state index in [9.17, 15) is 5.11 Å². The lowest BCUT2D eigenvalue weighted by molar-refractivity contribution is 0.162. The van der Waals surface area contributed by atoms with Gasteiger partial charge >= 0.3 is 0 Å². The Hall–Kier alpha value is -0.160. The maximum absolute atomic E-state index is 9.80. The predicted molar refractivity (Wildman–Crippen MR) is 70.2 cm³/mol. The molecule has 0 aromatic rings. The van der Waals surface area contributed by atoms with E-state index in [2.05, 4.69) is 28.8 Å². The molecular formula is C13H27N3O. The van der Waals surface area contributed by atoms with Crippen molar-refractivity contribution in [1.29, 1.82) is 0 Å². The lowest BCUT2D eigenvalue weighted by Gasteiger charge is -2.28. The third kappa shape index (κ3) is 3.91. The maximum atomic E-state index is 9.80. The number of aliphatic hydroxyl groups is 1. The van der Waals surface area contributed by atoms with Crippen LogP contribution in [0.2, 0.25) is 0 Å². The Morgan fingerprint density at radius 3 is 2.53 bits per heavy atom. The topological polar surface area (TPSA) is 30.0 Å². The molecule has 0 aromatic heterocycles. The lowest BCUT2D eigenvalue weighted by Crippen LogP contribution is -2.41. The van der Waals surface area contributed by atoms with Gasteiger partial charge in [0.15, 0.2) is 0 Å². The average molecular weight is 241 g/mol. The third-order valence-electron chi connectivity index (χ3n) is 3.98. The average Bonchev–Trinajstić information content (AvgIpc) is 2.84.